The molecule has 0 aliphatic carbocycles. The SMILES string of the molecule is CCc1cccc(CCCn2ccn(C(CC(=O)OC(C)(C)C)c3cccc(C(F)(F)F)c3)c2=O)n1. The van der Waals surface area contributed by atoms with Crippen LogP contribution in [0.5, 0.6) is 0 Å². The summed E-state index contributed by atoms with van der Waals surface area (Å²) in [6.07, 6.45) is 0.444. The molecule has 2 heterocycles. The number of hydrogen-bond acceptors (Lipinski definition) is 4. The molecule has 194 valence electrons. The molecule has 0 saturated carbocycles. The molecule has 0 spiro atoms. The van der Waals surface area contributed by atoms with Crippen LogP contribution < -0.4 is 5.69 Å². The lowest BCUT2D eigenvalue weighted by atomic mass is 10.0. The van der Waals surface area contributed by atoms with Gasteiger partial charge in [0.25, 0.3) is 0 Å². The summed E-state index contributed by atoms with van der Waals surface area (Å²) in [7, 11) is 0. The summed E-state index contributed by atoms with van der Waals surface area (Å²) >= 11 is 0. The maximum absolute atomic E-state index is 13.4. The van der Waals surface area contributed by atoms with Crippen molar-refractivity contribution in [3.05, 3.63) is 87.9 Å². The molecule has 1 atom stereocenters. The van der Waals surface area contributed by atoms with E-state index in [1.807, 2.05) is 25.1 Å². The fraction of sp³-hybridized carbons (Fsp3) is 0.444. The number of rotatable bonds is 9. The second-order valence-electron chi connectivity index (χ2n) is 9.69. The monoisotopic (exact) mass is 503 g/mol. The van der Waals surface area contributed by atoms with Gasteiger partial charge in [0.2, 0.25) is 0 Å². The summed E-state index contributed by atoms with van der Waals surface area (Å²) in [6.45, 7) is 7.56. The molecule has 1 unspecified atom stereocenters. The number of ether oxygens (including phenoxy) is 1. The van der Waals surface area contributed by atoms with Gasteiger partial charge in [0, 0.05) is 30.3 Å². The summed E-state index contributed by atoms with van der Waals surface area (Å²) in [5, 5.41) is 0. The number of imidazole rings is 1. The topological polar surface area (TPSA) is 66.1 Å². The minimum absolute atomic E-state index is 0.205. The van der Waals surface area contributed by atoms with Gasteiger partial charge in [-0.05, 0) is 69.9 Å². The summed E-state index contributed by atoms with van der Waals surface area (Å²) in [5.74, 6) is -0.605. The fourth-order valence-corrected chi connectivity index (χ4v) is 3.97. The normalized spacial score (nSPS) is 13.0. The van der Waals surface area contributed by atoms with Crippen molar-refractivity contribution in [1.29, 1.82) is 0 Å². The highest BCUT2D eigenvalue weighted by Gasteiger charge is 2.32. The van der Waals surface area contributed by atoms with Crippen molar-refractivity contribution < 1.29 is 22.7 Å². The standard InChI is InChI=1S/C27H32F3N3O3/c1-5-21-11-7-12-22(31-21)13-8-14-32-15-16-33(25(32)35)23(18-24(34)36-26(2,3)4)19-9-6-10-20(17-19)27(28,29)30/h6-7,9-12,15-17,23H,5,8,13-14,18H2,1-4H3. The number of halogens is 3. The third-order valence-corrected chi connectivity index (χ3v) is 5.65. The van der Waals surface area contributed by atoms with Gasteiger partial charge in [-0.3, -0.25) is 18.9 Å². The molecule has 9 heteroatoms. The summed E-state index contributed by atoms with van der Waals surface area (Å²) in [6, 6.07) is 9.62. The van der Waals surface area contributed by atoms with E-state index in [1.54, 1.807) is 27.0 Å². The van der Waals surface area contributed by atoms with Gasteiger partial charge in [-0.1, -0.05) is 25.1 Å². The van der Waals surface area contributed by atoms with Crippen LogP contribution in [0.4, 0.5) is 13.2 Å². The first-order valence-corrected chi connectivity index (χ1v) is 12.0. The van der Waals surface area contributed by atoms with Gasteiger partial charge in [0.15, 0.2) is 0 Å². The second-order valence-corrected chi connectivity index (χ2v) is 9.69. The highest BCUT2D eigenvalue weighted by atomic mass is 19.4. The highest BCUT2D eigenvalue weighted by Crippen LogP contribution is 2.32. The van der Waals surface area contributed by atoms with Gasteiger partial charge in [0.05, 0.1) is 18.0 Å². The molecule has 0 aliphatic rings. The molecular weight excluding hydrogens is 471 g/mol. The fourth-order valence-electron chi connectivity index (χ4n) is 3.97. The van der Waals surface area contributed by atoms with Crippen molar-refractivity contribution in [1.82, 2.24) is 14.1 Å². The Labute approximate surface area is 208 Å². The lowest BCUT2D eigenvalue weighted by Crippen LogP contribution is -2.31. The Morgan fingerprint density at radius 2 is 1.75 bits per heavy atom. The number of pyridine rings is 1. The van der Waals surface area contributed by atoms with Crippen LogP contribution in [0.25, 0.3) is 0 Å². The molecule has 36 heavy (non-hydrogen) atoms. The number of nitrogens with zero attached hydrogens (tertiary/aromatic N) is 3. The van der Waals surface area contributed by atoms with Crippen molar-refractivity contribution in [3.63, 3.8) is 0 Å². The number of aromatic nitrogens is 3. The van der Waals surface area contributed by atoms with E-state index >= 15 is 0 Å². The van der Waals surface area contributed by atoms with E-state index in [1.165, 1.54) is 27.5 Å². The van der Waals surface area contributed by atoms with Crippen LogP contribution in [-0.2, 0) is 35.1 Å². The van der Waals surface area contributed by atoms with Crippen LogP contribution in [-0.4, -0.2) is 25.7 Å². The molecule has 6 nitrogen and oxygen atoms in total. The molecule has 2 aromatic heterocycles. The Morgan fingerprint density at radius 1 is 1.06 bits per heavy atom. The number of carbonyl (C=O) groups is 1. The molecule has 0 saturated heterocycles. The average Bonchev–Trinajstić information content (AvgIpc) is 3.16. The zero-order valence-electron chi connectivity index (χ0n) is 21.0. The van der Waals surface area contributed by atoms with E-state index in [-0.39, 0.29) is 12.0 Å². The largest absolute Gasteiger partial charge is 0.460 e. The molecule has 3 rings (SSSR count). The van der Waals surface area contributed by atoms with Crippen molar-refractivity contribution >= 4 is 5.97 Å². The summed E-state index contributed by atoms with van der Waals surface area (Å²) in [5.41, 5.74) is 0.126. The van der Waals surface area contributed by atoms with Gasteiger partial charge < -0.3 is 4.74 Å². The zero-order chi connectivity index (χ0) is 26.5. The number of carbonyl (C=O) groups excluding carboxylic acids is 1. The van der Waals surface area contributed by atoms with Crippen LogP contribution >= 0.6 is 0 Å². The molecular formula is C27H32F3N3O3. The average molecular weight is 504 g/mol. The predicted octanol–water partition coefficient (Wildman–Crippen LogP) is 5.58. The summed E-state index contributed by atoms with van der Waals surface area (Å²) < 4.78 is 48.3. The number of esters is 1. The van der Waals surface area contributed by atoms with E-state index < -0.39 is 35.0 Å². The van der Waals surface area contributed by atoms with Gasteiger partial charge in [0.1, 0.15) is 5.60 Å². The van der Waals surface area contributed by atoms with E-state index in [4.69, 9.17) is 4.74 Å². The number of hydrogen-bond donors (Lipinski definition) is 0. The van der Waals surface area contributed by atoms with Crippen LogP contribution in [0.2, 0.25) is 0 Å². The lowest BCUT2D eigenvalue weighted by molar-refractivity contribution is -0.155. The smallest absolute Gasteiger partial charge is 0.416 e. The quantitative estimate of drug-likeness (QED) is 0.358. The van der Waals surface area contributed by atoms with E-state index in [0.29, 0.717) is 19.4 Å². The Hall–Kier alpha value is -3.36. The van der Waals surface area contributed by atoms with Crippen LogP contribution in [0.1, 0.15) is 69.1 Å². The maximum Gasteiger partial charge on any atom is 0.416 e. The first-order valence-electron chi connectivity index (χ1n) is 12.0. The number of benzene rings is 1. The zero-order valence-corrected chi connectivity index (χ0v) is 21.0. The van der Waals surface area contributed by atoms with Gasteiger partial charge >= 0.3 is 17.8 Å². The summed E-state index contributed by atoms with van der Waals surface area (Å²) in [4.78, 5) is 30.4. The maximum atomic E-state index is 13.4. The molecule has 0 amide bonds. The molecule has 0 fully saturated rings. The lowest BCUT2D eigenvalue weighted by Gasteiger charge is -2.23. The van der Waals surface area contributed by atoms with Crippen molar-refractivity contribution in [2.24, 2.45) is 0 Å². The Morgan fingerprint density at radius 3 is 2.42 bits per heavy atom. The van der Waals surface area contributed by atoms with Gasteiger partial charge in [-0.15, -0.1) is 0 Å². The third-order valence-electron chi connectivity index (χ3n) is 5.65. The van der Waals surface area contributed by atoms with E-state index in [0.717, 1.165) is 29.9 Å². The van der Waals surface area contributed by atoms with Crippen LogP contribution in [0.3, 0.4) is 0 Å². The van der Waals surface area contributed by atoms with Gasteiger partial charge in [-0.2, -0.15) is 13.2 Å². The van der Waals surface area contributed by atoms with Crippen LogP contribution in [0, 0.1) is 0 Å². The van der Waals surface area contributed by atoms with Crippen molar-refractivity contribution in [2.45, 2.75) is 77.7 Å². The van der Waals surface area contributed by atoms with Crippen LogP contribution in [0.15, 0.2) is 59.7 Å². The number of aryl methyl sites for hydroxylation is 3. The first kappa shape index (κ1) is 27.2. The van der Waals surface area contributed by atoms with Gasteiger partial charge in [-0.25, -0.2) is 4.79 Å². The highest BCUT2D eigenvalue weighted by molar-refractivity contribution is 5.71. The number of alkyl halides is 3. The molecule has 3 aromatic rings. The van der Waals surface area contributed by atoms with Crippen molar-refractivity contribution in [2.75, 3.05) is 0 Å². The minimum atomic E-state index is -4.55. The molecule has 0 radical (unpaired) electrons. The Kier molecular flexibility index (Phi) is 8.43. The first-order chi connectivity index (χ1) is 16.9. The Bertz CT molecular complexity index is 1240. The Balaban J connectivity index is 1.85. The molecule has 0 bridgehead atoms. The third kappa shape index (κ3) is 7.32. The molecule has 0 N–H and O–H groups in total. The molecule has 0 aliphatic heterocycles. The second kappa shape index (κ2) is 11.1. The molecule has 1 aromatic carbocycles. The minimum Gasteiger partial charge on any atom is -0.460 e. The van der Waals surface area contributed by atoms with E-state index in [9.17, 15) is 22.8 Å². The predicted molar refractivity (Wildman–Crippen MR) is 131 cm³/mol. The van der Waals surface area contributed by atoms with Crippen molar-refractivity contribution in [3.8, 4) is 0 Å². The van der Waals surface area contributed by atoms with E-state index in [2.05, 4.69) is 4.98 Å².